The lowest BCUT2D eigenvalue weighted by atomic mass is 9.87. The summed E-state index contributed by atoms with van der Waals surface area (Å²) in [5.41, 5.74) is 2.65. The topological polar surface area (TPSA) is 50.7 Å². The first-order valence-electron chi connectivity index (χ1n) is 7.91. The average molecular weight is 293 g/mol. The van der Waals surface area contributed by atoms with Crippen LogP contribution in [0, 0.1) is 0 Å². The molecule has 1 aromatic rings. The highest BCUT2D eigenvalue weighted by Gasteiger charge is 2.22. The second-order valence-corrected chi connectivity index (χ2v) is 5.64. The summed E-state index contributed by atoms with van der Waals surface area (Å²) in [6.45, 7) is 3.81. The Balaban J connectivity index is 2.06. The first kappa shape index (κ1) is 16.3. The lowest BCUT2D eigenvalue weighted by molar-refractivity contribution is 0.0322. The lowest BCUT2D eigenvalue weighted by Crippen LogP contribution is -2.27. The Labute approximate surface area is 127 Å². The second-order valence-electron chi connectivity index (χ2n) is 5.64. The van der Waals surface area contributed by atoms with Gasteiger partial charge in [-0.05, 0) is 49.4 Å². The Hall–Kier alpha value is -1.10. The number of hydrogen-bond acceptors (Lipinski definition) is 4. The van der Waals surface area contributed by atoms with Crippen molar-refractivity contribution in [2.45, 2.75) is 44.8 Å². The van der Waals surface area contributed by atoms with E-state index in [2.05, 4.69) is 18.3 Å². The summed E-state index contributed by atoms with van der Waals surface area (Å²) in [5, 5.41) is 13.3. The van der Waals surface area contributed by atoms with Crippen LogP contribution in [-0.2, 0) is 11.2 Å². The van der Waals surface area contributed by atoms with E-state index in [1.165, 1.54) is 24.0 Å². The van der Waals surface area contributed by atoms with E-state index in [-0.39, 0.29) is 6.61 Å². The highest BCUT2D eigenvalue weighted by Crippen LogP contribution is 2.35. The third-order valence-corrected chi connectivity index (χ3v) is 3.90. The van der Waals surface area contributed by atoms with Crippen molar-refractivity contribution in [3.63, 3.8) is 0 Å². The molecule has 0 fully saturated rings. The van der Waals surface area contributed by atoms with Gasteiger partial charge in [-0.25, -0.2) is 0 Å². The summed E-state index contributed by atoms with van der Waals surface area (Å²) in [7, 11) is 1.58. The highest BCUT2D eigenvalue weighted by atomic mass is 16.5. The lowest BCUT2D eigenvalue weighted by Gasteiger charge is -2.28. The SMILES string of the molecule is CCCNC1CCCc2c(OCC(O)COC)cccc21. The van der Waals surface area contributed by atoms with Gasteiger partial charge in [-0.1, -0.05) is 19.1 Å². The zero-order chi connectivity index (χ0) is 15.1. The molecule has 0 heterocycles. The van der Waals surface area contributed by atoms with Gasteiger partial charge in [0.1, 0.15) is 18.5 Å². The van der Waals surface area contributed by atoms with Crippen LogP contribution in [0.4, 0.5) is 0 Å². The number of aliphatic hydroxyl groups excluding tert-OH is 1. The maximum atomic E-state index is 9.72. The minimum absolute atomic E-state index is 0.275. The van der Waals surface area contributed by atoms with Gasteiger partial charge in [0.15, 0.2) is 0 Å². The van der Waals surface area contributed by atoms with E-state index in [4.69, 9.17) is 9.47 Å². The zero-order valence-corrected chi connectivity index (χ0v) is 13.1. The molecule has 2 atom stereocenters. The molecule has 4 nitrogen and oxygen atoms in total. The summed E-state index contributed by atoms with van der Waals surface area (Å²) in [6, 6.07) is 6.67. The number of methoxy groups -OCH3 is 1. The van der Waals surface area contributed by atoms with Crippen LogP contribution in [0.3, 0.4) is 0 Å². The van der Waals surface area contributed by atoms with Gasteiger partial charge in [-0.15, -0.1) is 0 Å². The van der Waals surface area contributed by atoms with Gasteiger partial charge in [0, 0.05) is 13.2 Å². The molecule has 0 aliphatic heterocycles. The van der Waals surface area contributed by atoms with Gasteiger partial charge < -0.3 is 19.9 Å². The number of nitrogens with one attached hydrogen (secondary N) is 1. The molecule has 0 amide bonds. The van der Waals surface area contributed by atoms with E-state index in [1.807, 2.05) is 12.1 Å². The summed E-state index contributed by atoms with van der Waals surface area (Å²) in [5.74, 6) is 0.908. The standard InChI is InChI=1S/C17H27NO3/c1-3-10-18-16-8-4-7-15-14(16)6-5-9-17(15)21-12-13(19)11-20-2/h5-6,9,13,16,18-19H,3-4,7-8,10-12H2,1-2H3. The van der Waals surface area contributed by atoms with Crippen molar-refractivity contribution in [3.05, 3.63) is 29.3 Å². The maximum Gasteiger partial charge on any atom is 0.122 e. The Bertz CT molecular complexity index is 436. The van der Waals surface area contributed by atoms with E-state index in [9.17, 15) is 5.11 Å². The smallest absolute Gasteiger partial charge is 0.122 e. The fourth-order valence-corrected chi connectivity index (χ4v) is 2.91. The quantitative estimate of drug-likeness (QED) is 0.773. The molecule has 0 saturated carbocycles. The number of hydrogen-bond donors (Lipinski definition) is 2. The number of aliphatic hydroxyl groups is 1. The summed E-state index contributed by atoms with van der Waals surface area (Å²) < 4.78 is 10.7. The molecule has 1 aliphatic carbocycles. The maximum absolute atomic E-state index is 9.72. The van der Waals surface area contributed by atoms with Crippen LogP contribution >= 0.6 is 0 Å². The van der Waals surface area contributed by atoms with Crippen molar-refractivity contribution in [1.29, 1.82) is 0 Å². The Morgan fingerprint density at radius 3 is 3.00 bits per heavy atom. The van der Waals surface area contributed by atoms with Crippen LogP contribution in [0.25, 0.3) is 0 Å². The molecule has 0 radical (unpaired) electrons. The van der Waals surface area contributed by atoms with Gasteiger partial charge in [-0.3, -0.25) is 0 Å². The second kappa shape index (κ2) is 8.37. The van der Waals surface area contributed by atoms with Crippen LogP contribution in [0.1, 0.15) is 43.4 Å². The predicted octanol–water partition coefficient (Wildman–Crippen LogP) is 2.45. The third kappa shape index (κ3) is 4.43. The van der Waals surface area contributed by atoms with Gasteiger partial charge in [0.05, 0.1) is 6.61 Å². The van der Waals surface area contributed by atoms with Crippen molar-refractivity contribution in [1.82, 2.24) is 5.32 Å². The van der Waals surface area contributed by atoms with Crippen molar-refractivity contribution in [3.8, 4) is 5.75 Å². The molecule has 0 aromatic heterocycles. The van der Waals surface area contributed by atoms with E-state index < -0.39 is 6.10 Å². The van der Waals surface area contributed by atoms with E-state index in [0.29, 0.717) is 12.6 Å². The van der Waals surface area contributed by atoms with Crippen molar-refractivity contribution < 1.29 is 14.6 Å². The third-order valence-electron chi connectivity index (χ3n) is 3.90. The molecule has 0 saturated heterocycles. The number of fused-ring (bicyclic) bond motifs is 1. The summed E-state index contributed by atoms with van der Waals surface area (Å²) in [6.07, 6.45) is 3.97. The molecule has 0 spiro atoms. The van der Waals surface area contributed by atoms with Gasteiger partial charge in [-0.2, -0.15) is 0 Å². The predicted molar refractivity (Wildman–Crippen MR) is 83.8 cm³/mol. The molecular weight excluding hydrogens is 266 g/mol. The van der Waals surface area contributed by atoms with Crippen LogP contribution in [-0.4, -0.2) is 38.1 Å². The van der Waals surface area contributed by atoms with Crippen LogP contribution < -0.4 is 10.1 Å². The van der Waals surface area contributed by atoms with E-state index >= 15 is 0 Å². The Kier molecular flexibility index (Phi) is 6.49. The molecule has 2 rings (SSSR count). The first-order valence-corrected chi connectivity index (χ1v) is 7.91. The molecule has 118 valence electrons. The summed E-state index contributed by atoms with van der Waals surface area (Å²) >= 11 is 0. The normalized spacial score (nSPS) is 19.1. The summed E-state index contributed by atoms with van der Waals surface area (Å²) in [4.78, 5) is 0. The van der Waals surface area contributed by atoms with Crippen LogP contribution in [0.15, 0.2) is 18.2 Å². The monoisotopic (exact) mass is 293 g/mol. The van der Waals surface area contributed by atoms with E-state index in [1.54, 1.807) is 7.11 Å². The number of benzene rings is 1. The molecule has 1 aromatic carbocycles. The molecule has 0 bridgehead atoms. The molecule has 2 N–H and O–H groups in total. The van der Waals surface area contributed by atoms with E-state index in [0.717, 1.165) is 25.1 Å². The number of rotatable bonds is 8. The largest absolute Gasteiger partial charge is 0.491 e. The van der Waals surface area contributed by atoms with Crippen molar-refractivity contribution >= 4 is 0 Å². The molecule has 21 heavy (non-hydrogen) atoms. The van der Waals surface area contributed by atoms with Gasteiger partial charge in [0.25, 0.3) is 0 Å². The molecule has 2 unspecified atom stereocenters. The Morgan fingerprint density at radius 1 is 1.38 bits per heavy atom. The van der Waals surface area contributed by atoms with Crippen molar-refractivity contribution in [2.75, 3.05) is 26.9 Å². The molecular formula is C17H27NO3. The van der Waals surface area contributed by atoms with Crippen molar-refractivity contribution in [2.24, 2.45) is 0 Å². The first-order chi connectivity index (χ1) is 10.3. The highest BCUT2D eigenvalue weighted by molar-refractivity contribution is 5.43. The van der Waals surface area contributed by atoms with Gasteiger partial charge >= 0.3 is 0 Å². The average Bonchev–Trinajstić information content (AvgIpc) is 2.51. The zero-order valence-electron chi connectivity index (χ0n) is 13.1. The van der Waals surface area contributed by atoms with Gasteiger partial charge in [0.2, 0.25) is 0 Å². The number of ether oxygens (including phenoxy) is 2. The Morgan fingerprint density at radius 2 is 2.24 bits per heavy atom. The van der Waals surface area contributed by atoms with Crippen LogP contribution in [0.2, 0.25) is 0 Å². The molecule has 4 heteroatoms. The fraction of sp³-hybridized carbons (Fsp3) is 0.647. The van der Waals surface area contributed by atoms with Crippen LogP contribution in [0.5, 0.6) is 5.75 Å². The molecule has 1 aliphatic rings. The minimum Gasteiger partial charge on any atom is -0.491 e. The fourth-order valence-electron chi connectivity index (χ4n) is 2.91. The minimum atomic E-state index is -0.580.